The Kier molecular flexibility index (Phi) is 3.45. The van der Waals surface area contributed by atoms with Gasteiger partial charge in [0.1, 0.15) is 5.69 Å². The van der Waals surface area contributed by atoms with E-state index in [0.29, 0.717) is 11.8 Å². The fourth-order valence-electron chi connectivity index (χ4n) is 2.54. The smallest absolute Gasteiger partial charge is 0.256 e. The number of hydrogen-bond donors (Lipinski definition) is 1. The standard InChI is InChI=1S/C15H21N5O/c1-5-11(17-12-9-19(2)18-15(12)21-4)14-16-8-13(20(14)3)10-6-7-10/h5,8-10,17H,6-7H2,1-4H3/b11-5+. The average Bonchev–Trinajstić information content (AvgIpc) is 3.15. The number of nitrogens with zero attached hydrogens (tertiary/aromatic N) is 4. The first-order valence-corrected chi connectivity index (χ1v) is 7.17. The first-order valence-electron chi connectivity index (χ1n) is 7.17. The zero-order chi connectivity index (χ0) is 15.0. The largest absolute Gasteiger partial charge is 0.478 e. The number of allylic oxidation sites excluding steroid dienone is 1. The number of aromatic nitrogens is 4. The summed E-state index contributed by atoms with van der Waals surface area (Å²) in [5.74, 6) is 2.20. The van der Waals surface area contributed by atoms with Crippen molar-refractivity contribution in [3.8, 4) is 5.88 Å². The second-order valence-electron chi connectivity index (χ2n) is 5.39. The molecule has 0 unspecified atom stereocenters. The lowest BCUT2D eigenvalue weighted by Gasteiger charge is -2.11. The van der Waals surface area contributed by atoms with Gasteiger partial charge in [0.15, 0.2) is 5.82 Å². The summed E-state index contributed by atoms with van der Waals surface area (Å²) < 4.78 is 9.18. The molecule has 21 heavy (non-hydrogen) atoms. The minimum absolute atomic E-state index is 0.577. The minimum atomic E-state index is 0.577. The van der Waals surface area contributed by atoms with Crippen LogP contribution in [0.4, 0.5) is 5.69 Å². The van der Waals surface area contributed by atoms with Crippen LogP contribution in [-0.2, 0) is 14.1 Å². The maximum absolute atomic E-state index is 5.28. The minimum Gasteiger partial charge on any atom is -0.478 e. The molecular formula is C15H21N5O. The third-order valence-electron chi connectivity index (χ3n) is 3.81. The fourth-order valence-corrected chi connectivity index (χ4v) is 2.54. The quantitative estimate of drug-likeness (QED) is 0.918. The van der Waals surface area contributed by atoms with E-state index in [1.54, 1.807) is 11.8 Å². The molecule has 1 saturated carbocycles. The van der Waals surface area contributed by atoms with E-state index in [2.05, 4.69) is 27.0 Å². The van der Waals surface area contributed by atoms with E-state index in [4.69, 9.17) is 4.74 Å². The van der Waals surface area contributed by atoms with E-state index in [1.807, 2.05) is 32.4 Å². The van der Waals surface area contributed by atoms with Gasteiger partial charge in [-0.25, -0.2) is 4.98 Å². The van der Waals surface area contributed by atoms with Crippen LogP contribution >= 0.6 is 0 Å². The van der Waals surface area contributed by atoms with Crippen LogP contribution in [0.2, 0.25) is 0 Å². The Labute approximate surface area is 124 Å². The van der Waals surface area contributed by atoms with Gasteiger partial charge >= 0.3 is 0 Å². The molecule has 6 nitrogen and oxygen atoms in total. The Morgan fingerprint density at radius 2 is 2.19 bits per heavy atom. The van der Waals surface area contributed by atoms with Crippen LogP contribution in [0.3, 0.4) is 0 Å². The Morgan fingerprint density at radius 1 is 1.43 bits per heavy atom. The van der Waals surface area contributed by atoms with Crippen molar-refractivity contribution in [3.63, 3.8) is 0 Å². The maximum Gasteiger partial charge on any atom is 0.256 e. The van der Waals surface area contributed by atoms with E-state index in [-0.39, 0.29) is 0 Å². The summed E-state index contributed by atoms with van der Waals surface area (Å²) in [5, 5.41) is 7.62. The molecule has 2 heterocycles. The molecule has 2 aromatic rings. The molecule has 0 saturated heterocycles. The Hall–Kier alpha value is -2.24. The van der Waals surface area contributed by atoms with Crippen molar-refractivity contribution >= 4 is 11.4 Å². The predicted molar refractivity (Wildman–Crippen MR) is 82.2 cm³/mol. The summed E-state index contributed by atoms with van der Waals surface area (Å²) in [6, 6.07) is 0. The van der Waals surface area contributed by atoms with Crippen LogP contribution in [0.25, 0.3) is 5.70 Å². The van der Waals surface area contributed by atoms with Gasteiger partial charge in [0.2, 0.25) is 0 Å². The van der Waals surface area contributed by atoms with E-state index in [9.17, 15) is 0 Å². The number of nitrogens with one attached hydrogen (secondary N) is 1. The van der Waals surface area contributed by atoms with Crippen molar-refractivity contribution in [3.05, 3.63) is 30.0 Å². The van der Waals surface area contributed by atoms with Gasteiger partial charge in [-0.2, -0.15) is 0 Å². The van der Waals surface area contributed by atoms with Crippen molar-refractivity contribution in [2.45, 2.75) is 25.7 Å². The molecule has 1 aliphatic rings. The summed E-state index contributed by atoms with van der Waals surface area (Å²) in [7, 11) is 5.56. The number of anilines is 1. The van der Waals surface area contributed by atoms with Crippen molar-refractivity contribution < 1.29 is 4.74 Å². The number of rotatable bonds is 5. The van der Waals surface area contributed by atoms with Gasteiger partial charge in [-0.15, -0.1) is 5.10 Å². The third kappa shape index (κ3) is 2.53. The van der Waals surface area contributed by atoms with Gasteiger partial charge in [0, 0.05) is 31.9 Å². The summed E-state index contributed by atoms with van der Waals surface area (Å²) >= 11 is 0. The molecule has 0 amide bonds. The normalized spacial score (nSPS) is 15.3. The van der Waals surface area contributed by atoms with Crippen LogP contribution in [0.1, 0.15) is 37.2 Å². The number of aryl methyl sites for hydroxylation is 1. The molecule has 6 heteroatoms. The lowest BCUT2D eigenvalue weighted by atomic mass is 10.3. The molecule has 0 aromatic carbocycles. The molecule has 3 rings (SSSR count). The molecule has 0 atom stereocenters. The number of hydrogen-bond acceptors (Lipinski definition) is 4. The molecule has 0 spiro atoms. The van der Waals surface area contributed by atoms with Crippen LogP contribution in [0.5, 0.6) is 5.88 Å². The van der Waals surface area contributed by atoms with Gasteiger partial charge in [-0.3, -0.25) is 4.68 Å². The SMILES string of the molecule is C/C=C(/Nc1cn(C)nc1OC)c1ncc(C2CC2)n1C. The van der Waals surface area contributed by atoms with Crippen molar-refractivity contribution in [2.24, 2.45) is 14.1 Å². The first kappa shape index (κ1) is 13.7. The van der Waals surface area contributed by atoms with Gasteiger partial charge in [-0.05, 0) is 19.8 Å². The van der Waals surface area contributed by atoms with Gasteiger partial charge < -0.3 is 14.6 Å². The van der Waals surface area contributed by atoms with Gasteiger partial charge in [0.25, 0.3) is 5.88 Å². The van der Waals surface area contributed by atoms with Crippen LogP contribution in [0.15, 0.2) is 18.5 Å². The zero-order valence-corrected chi connectivity index (χ0v) is 12.9. The monoisotopic (exact) mass is 287 g/mol. The molecule has 1 aliphatic carbocycles. The number of ether oxygens (including phenoxy) is 1. The van der Waals surface area contributed by atoms with Gasteiger partial charge in [0.05, 0.1) is 19.0 Å². The molecule has 1 fully saturated rings. The molecule has 0 bridgehead atoms. The van der Waals surface area contributed by atoms with Crippen molar-refractivity contribution in [1.29, 1.82) is 0 Å². The highest BCUT2D eigenvalue weighted by Gasteiger charge is 2.28. The second kappa shape index (κ2) is 5.27. The lowest BCUT2D eigenvalue weighted by molar-refractivity contribution is 0.393. The molecule has 0 aliphatic heterocycles. The van der Waals surface area contributed by atoms with E-state index >= 15 is 0 Å². The number of methoxy groups -OCH3 is 1. The van der Waals surface area contributed by atoms with Gasteiger partial charge in [-0.1, -0.05) is 6.08 Å². The predicted octanol–water partition coefficient (Wildman–Crippen LogP) is 2.51. The van der Waals surface area contributed by atoms with Crippen LogP contribution in [-0.4, -0.2) is 26.4 Å². The van der Waals surface area contributed by atoms with Crippen LogP contribution in [0, 0.1) is 0 Å². The number of imidazole rings is 1. The molecule has 0 radical (unpaired) electrons. The Bertz CT molecular complexity index is 678. The average molecular weight is 287 g/mol. The van der Waals surface area contributed by atoms with E-state index < -0.39 is 0 Å². The zero-order valence-electron chi connectivity index (χ0n) is 12.9. The summed E-state index contributed by atoms with van der Waals surface area (Å²) in [6.07, 6.45) is 8.44. The fraction of sp³-hybridized carbons (Fsp3) is 0.467. The highest BCUT2D eigenvalue weighted by Crippen LogP contribution is 2.40. The van der Waals surface area contributed by atoms with Crippen molar-refractivity contribution in [2.75, 3.05) is 12.4 Å². The summed E-state index contributed by atoms with van der Waals surface area (Å²) in [6.45, 7) is 2.00. The third-order valence-corrected chi connectivity index (χ3v) is 3.81. The summed E-state index contributed by atoms with van der Waals surface area (Å²) in [5.41, 5.74) is 3.10. The Morgan fingerprint density at radius 3 is 2.81 bits per heavy atom. The first-order chi connectivity index (χ1) is 10.1. The highest BCUT2D eigenvalue weighted by molar-refractivity contribution is 5.75. The second-order valence-corrected chi connectivity index (χ2v) is 5.39. The maximum atomic E-state index is 5.28. The molecule has 112 valence electrons. The lowest BCUT2D eigenvalue weighted by Crippen LogP contribution is -2.07. The van der Waals surface area contributed by atoms with E-state index in [1.165, 1.54) is 18.5 Å². The Balaban J connectivity index is 1.88. The molecule has 1 N–H and O–H groups in total. The summed E-state index contributed by atoms with van der Waals surface area (Å²) in [4.78, 5) is 4.57. The topological polar surface area (TPSA) is 56.9 Å². The molecular weight excluding hydrogens is 266 g/mol. The van der Waals surface area contributed by atoms with E-state index in [0.717, 1.165) is 17.2 Å². The highest BCUT2D eigenvalue weighted by atomic mass is 16.5. The van der Waals surface area contributed by atoms with Crippen molar-refractivity contribution in [1.82, 2.24) is 19.3 Å². The molecule has 2 aromatic heterocycles. The van der Waals surface area contributed by atoms with Crippen LogP contribution < -0.4 is 10.1 Å².